The molecule has 1 rings (SSSR count). The summed E-state index contributed by atoms with van der Waals surface area (Å²) < 4.78 is 12.5. The van der Waals surface area contributed by atoms with E-state index in [9.17, 15) is 4.39 Å². The van der Waals surface area contributed by atoms with Crippen LogP contribution in [0.15, 0.2) is 18.2 Å². The van der Waals surface area contributed by atoms with E-state index in [1.807, 2.05) is 0 Å². The molecule has 0 aromatic heterocycles. The molecule has 0 amide bonds. The average Bonchev–Trinajstić information content (AvgIpc) is 1.95. The molecule has 0 atom stereocenters. The van der Waals surface area contributed by atoms with Gasteiger partial charge in [-0.1, -0.05) is 17.6 Å². The van der Waals surface area contributed by atoms with Gasteiger partial charge in [-0.15, -0.1) is 0 Å². The minimum atomic E-state index is -0.480. The first-order valence-electron chi connectivity index (χ1n) is 2.89. The lowest BCUT2D eigenvalue weighted by Gasteiger charge is -2.01. The molecule has 1 aromatic carbocycles. The van der Waals surface area contributed by atoms with E-state index in [4.69, 9.17) is 13.0 Å². The van der Waals surface area contributed by atoms with Crippen molar-refractivity contribution in [1.29, 1.82) is 0 Å². The maximum absolute atomic E-state index is 12.5. The van der Waals surface area contributed by atoms with Crippen molar-refractivity contribution in [3.05, 3.63) is 29.6 Å². The lowest BCUT2D eigenvalue weighted by Crippen LogP contribution is -2.14. The topological polar surface area (TPSA) is 20.2 Å². The first-order valence-corrected chi connectivity index (χ1v) is 2.89. The largest absolute Gasteiger partial charge is 0.392 e. The van der Waals surface area contributed by atoms with Gasteiger partial charge in [0.15, 0.2) is 0 Å². The Morgan fingerprint density at radius 1 is 1.50 bits per heavy atom. The number of aliphatic hydroxyl groups is 1. The van der Waals surface area contributed by atoms with E-state index in [2.05, 4.69) is 0 Å². The van der Waals surface area contributed by atoms with Crippen LogP contribution >= 0.6 is 0 Å². The molecular weight excluding hydrogens is 130 g/mol. The van der Waals surface area contributed by atoms with Crippen LogP contribution in [0.1, 0.15) is 5.56 Å². The first-order chi connectivity index (χ1) is 4.75. The summed E-state index contributed by atoms with van der Waals surface area (Å²) in [7, 11) is 5.26. The predicted octanol–water partition coefficient (Wildman–Crippen LogP) is 0.112. The van der Waals surface area contributed by atoms with Crippen molar-refractivity contribution >= 4 is 13.3 Å². The van der Waals surface area contributed by atoms with Crippen LogP contribution in [-0.2, 0) is 6.61 Å². The Morgan fingerprint density at radius 2 is 2.20 bits per heavy atom. The molecule has 3 heteroatoms. The van der Waals surface area contributed by atoms with Crippen LogP contribution in [0.3, 0.4) is 0 Å². The third-order valence-electron chi connectivity index (χ3n) is 1.31. The van der Waals surface area contributed by atoms with Crippen molar-refractivity contribution in [2.45, 2.75) is 6.61 Å². The van der Waals surface area contributed by atoms with Crippen LogP contribution in [0.5, 0.6) is 0 Å². The zero-order valence-electron chi connectivity index (χ0n) is 5.34. The van der Waals surface area contributed by atoms with Gasteiger partial charge in [0.2, 0.25) is 0 Å². The molecule has 10 heavy (non-hydrogen) atoms. The fraction of sp³-hybridized carbons (Fsp3) is 0.143. The van der Waals surface area contributed by atoms with E-state index in [0.717, 1.165) is 0 Å². The number of aliphatic hydroxyl groups excluding tert-OH is 1. The molecule has 2 radical (unpaired) electrons. The van der Waals surface area contributed by atoms with Gasteiger partial charge in [-0.25, -0.2) is 4.39 Å². The molecule has 0 aliphatic heterocycles. The van der Waals surface area contributed by atoms with Gasteiger partial charge in [0.1, 0.15) is 13.7 Å². The smallest absolute Gasteiger partial charge is 0.118 e. The second-order valence-corrected chi connectivity index (χ2v) is 1.97. The number of hydrogen-bond acceptors (Lipinski definition) is 1. The van der Waals surface area contributed by atoms with Gasteiger partial charge < -0.3 is 5.11 Å². The molecule has 1 N–H and O–H groups in total. The third kappa shape index (κ3) is 1.19. The molecule has 0 bridgehead atoms. The van der Waals surface area contributed by atoms with E-state index in [1.54, 1.807) is 6.07 Å². The van der Waals surface area contributed by atoms with Gasteiger partial charge in [0.25, 0.3) is 0 Å². The number of halogens is 1. The SMILES string of the molecule is [B]c1c(F)cccc1CO. The van der Waals surface area contributed by atoms with Gasteiger partial charge in [-0.05, 0) is 11.6 Å². The van der Waals surface area contributed by atoms with Crippen molar-refractivity contribution in [3.8, 4) is 0 Å². The van der Waals surface area contributed by atoms with Crippen molar-refractivity contribution in [2.75, 3.05) is 0 Å². The maximum Gasteiger partial charge on any atom is 0.118 e. The van der Waals surface area contributed by atoms with Crippen LogP contribution < -0.4 is 5.46 Å². The quantitative estimate of drug-likeness (QED) is 0.543. The maximum atomic E-state index is 12.5. The molecule has 0 unspecified atom stereocenters. The lowest BCUT2D eigenvalue weighted by molar-refractivity contribution is 0.282. The Balaban J connectivity index is 3.14. The van der Waals surface area contributed by atoms with E-state index in [-0.39, 0.29) is 12.1 Å². The van der Waals surface area contributed by atoms with Gasteiger partial charge in [0, 0.05) is 0 Å². The standard InChI is InChI=1S/C7H6BFO/c8-7-5(4-10)2-1-3-6(7)9/h1-3,10H,4H2. The highest BCUT2D eigenvalue weighted by Crippen LogP contribution is 1.98. The summed E-state index contributed by atoms with van der Waals surface area (Å²) in [6.07, 6.45) is 0. The molecule has 0 spiro atoms. The number of benzene rings is 1. The number of hydrogen-bond donors (Lipinski definition) is 1. The van der Waals surface area contributed by atoms with Gasteiger partial charge in [0.05, 0.1) is 6.61 Å². The Kier molecular flexibility index (Phi) is 2.07. The summed E-state index contributed by atoms with van der Waals surface area (Å²) in [5.74, 6) is -0.480. The normalized spacial score (nSPS) is 9.80. The second kappa shape index (κ2) is 2.84. The van der Waals surface area contributed by atoms with Gasteiger partial charge in [-0.3, -0.25) is 0 Å². The van der Waals surface area contributed by atoms with E-state index < -0.39 is 5.82 Å². The van der Waals surface area contributed by atoms with E-state index in [1.165, 1.54) is 12.1 Å². The molecule has 0 fully saturated rings. The number of rotatable bonds is 1. The lowest BCUT2D eigenvalue weighted by atomic mass is 9.90. The van der Waals surface area contributed by atoms with Gasteiger partial charge in [-0.2, -0.15) is 0 Å². The summed E-state index contributed by atoms with van der Waals surface area (Å²) in [5.41, 5.74) is 0.463. The molecule has 0 heterocycles. The Labute approximate surface area is 59.9 Å². The summed E-state index contributed by atoms with van der Waals surface area (Å²) in [6.45, 7) is -0.219. The predicted molar refractivity (Wildman–Crippen MR) is 37.7 cm³/mol. The van der Waals surface area contributed by atoms with Crippen molar-refractivity contribution in [2.24, 2.45) is 0 Å². The van der Waals surface area contributed by atoms with Crippen LogP contribution in [0.4, 0.5) is 4.39 Å². The Hall–Kier alpha value is -0.825. The highest BCUT2D eigenvalue weighted by Gasteiger charge is 1.99. The Bertz CT molecular complexity index is 237. The summed E-state index contributed by atoms with van der Waals surface area (Å²) in [4.78, 5) is 0. The fourth-order valence-electron chi connectivity index (χ4n) is 0.720. The minimum Gasteiger partial charge on any atom is -0.392 e. The summed E-state index contributed by atoms with van der Waals surface area (Å²) in [6, 6.07) is 4.35. The minimum absolute atomic E-state index is 0.0324. The molecule has 50 valence electrons. The molecular formula is C7H6BFO. The molecule has 0 saturated heterocycles. The fourth-order valence-corrected chi connectivity index (χ4v) is 0.720. The van der Waals surface area contributed by atoms with Crippen LogP contribution in [0.25, 0.3) is 0 Å². The third-order valence-corrected chi connectivity index (χ3v) is 1.31. The zero-order chi connectivity index (χ0) is 7.56. The van der Waals surface area contributed by atoms with Crippen LogP contribution in [0.2, 0.25) is 0 Å². The molecule has 1 aromatic rings. The second-order valence-electron chi connectivity index (χ2n) is 1.97. The highest BCUT2D eigenvalue weighted by atomic mass is 19.1. The zero-order valence-corrected chi connectivity index (χ0v) is 5.34. The molecule has 0 aliphatic carbocycles. The van der Waals surface area contributed by atoms with Crippen LogP contribution in [0, 0.1) is 5.82 Å². The average molecular weight is 136 g/mol. The molecule has 0 aliphatic rings. The molecule has 1 nitrogen and oxygen atoms in total. The monoisotopic (exact) mass is 136 g/mol. The highest BCUT2D eigenvalue weighted by molar-refractivity contribution is 6.33. The molecule has 0 saturated carbocycles. The Morgan fingerprint density at radius 3 is 2.70 bits per heavy atom. The van der Waals surface area contributed by atoms with Crippen LogP contribution in [-0.4, -0.2) is 13.0 Å². The first kappa shape index (κ1) is 7.28. The van der Waals surface area contributed by atoms with Crippen molar-refractivity contribution in [3.63, 3.8) is 0 Å². The van der Waals surface area contributed by atoms with Crippen molar-refractivity contribution < 1.29 is 9.50 Å². The summed E-state index contributed by atoms with van der Waals surface area (Å²) >= 11 is 0. The summed E-state index contributed by atoms with van der Waals surface area (Å²) in [5, 5.41) is 8.60. The van der Waals surface area contributed by atoms with E-state index >= 15 is 0 Å². The van der Waals surface area contributed by atoms with E-state index in [0.29, 0.717) is 5.56 Å². The van der Waals surface area contributed by atoms with Gasteiger partial charge >= 0.3 is 0 Å². The van der Waals surface area contributed by atoms with Crippen molar-refractivity contribution in [1.82, 2.24) is 0 Å².